The Morgan fingerprint density at radius 1 is 1.04 bits per heavy atom. The summed E-state index contributed by atoms with van der Waals surface area (Å²) in [5.74, 6) is -0.254. The number of nitrogens with zero attached hydrogens (tertiary/aromatic N) is 1. The minimum absolute atomic E-state index is 0.0135. The normalized spacial score (nSPS) is 15.8. The minimum Gasteiger partial charge on any atom is -0.379 e. The van der Waals surface area contributed by atoms with E-state index in [1.807, 2.05) is 31.2 Å². The standard InChI is InChI=1S/C20H25FN2O3S/c1-16-12-20(21)7-6-17(16)13-22-14-18-4-2-3-5-19(18)15-27(24,25)23-8-10-26-11-9-23/h2-7,12,22H,8-11,13-15H2,1H3. The van der Waals surface area contributed by atoms with Crippen molar-refractivity contribution >= 4 is 10.0 Å². The van der Waals surface area contributed by atoms with Crippen LogP contribution in [0.2, 0.25) is 0 Å². The van der Waals surface area contributed by atoms with Crippen LogP contribution in [0.4, 0.5) is 4.39 Å². The van der Waals surface area contributed by atoms with Crippen LogP contribution in [0, 0.1) is 12.7 Å². The van der Waals surface area contributed by atoms with Crippen LogP contribution in [0.25, 0.3) is 0 Å². The van der Waals surface area contributed by atoms with Crippen LogP contribution in [-0.4, -0.2) is 39.0 Å². The molecule has 0 amide bonds. The van der Waals surface area contributed by atoms with E-state index in [2.05, 4.69) is 5.32 Å². The van der Waals surface area contributed by atoms with E-state index in [4.69, 9.17) is 4.74 Å². The molecular formula is C20H25FN2O3S. The predicted octanol–water partition coefficient (Wildman–Crippen LogP) is 2.59. The third-order valence-electron chi connectivity index (χ3n) is 4.76. The van der Waals surface area contributed by atoms with Crippen LogP contribution in [0.15, 0.2) is 42.5 Å². The Hall–Kier alpha value is -1.80. The number of ether oxygens (including phenoxy) is 1. The van der Waals surface area contributed by atoms with Gasteiger partial charge in [0.1, 0.15) is 5.82 Å². The molecule has 0 atom stereocenters. The molecule has 2 aromatic carbocycles. The summed E-state index contributed by atoms with van der Waals surface area (Å²) in [6.07, 6.45) is 0. The second-order valence-electron chi connectivity index (χ2n) is 6.71. The van der Waals surface area contributed by atoms with Gasteiger partial charge in [0, 0.05) is 26.2 Å². The zero-order chi connectivity index (χ0) is 19.3. The summed E-state index contributed by atoms with van der Waals surface area (Å²) in [5, 5.41) is 3.33. The molecule has 1 heterocycles. The molecule has 0 radical (unpaired) electrons. The van der Waals surface area contributed by atoms with Crippen molar-refractivity contribution in [1.29, 1.82) is 0 Å². The van der Waals surface area contributed by atoms with Gasteiger partial charge in [-0.2, -0.15) is 4.31 Å². The van der Waals surface area contributed by atoms with Crippen LogP contribution in [-0.2, 0) is 33.6 Å². The summed E-state index contributed by atoms with van der Waals surface area (Å²) in [7, 11) is -3.36. The fourth-order valence-electron chi connectivity index (χ4n) is 3.17. The first-order chi connectivity index (χ1) is 13.0. The molecule has 1 saturated heterocycles. The number of nitrogens with one attached hydrogen (secondary N) is 1. The van der Waals surface area contributed by atoms with Crippen LogP contribution in [0.1, 0.15) is 22.3 Å². The first-order valence-electron chi connectivity index (χ1n) is 9.04. The highest BCUT2D eigenvalue weighted by atomic mass is 32.2. The van der Waals surface area contributed by atoms with Gasteiger partial charge in [0.15, 0.2) is 0 Å². The highest BCUT2D eigenvalue weighted by molar-refractivity contribution is 7.88. The van der Waals surface area contributed by atoms with Gasteiger partial charge in [-0.05, 0) is 41.3 Å². The second kappa shape index (κ2) is 8.93. The van der Waals surface area contributed by atoms with Crippen molar-refractivity contribution in [3.63, 3.8) is 0 Å². The minimum atomic E-state index is -3.36. The summed E-state index contributed by atoms with van der Waals surface area (Å²) in [6, 6.07) is 12.3. The number of aryl methyl sites for hydroxylation is 1. The molecule has 146 valence electrons. The number of hydrogen-bond acceptors (Lipinski definition) is 4. The first kappa shape index (κ1) is 19.9. The number of rotatable bonds is 7. The van der Waals surface area contributed by atoms with Gasteiger partial charge in [0.05, 0.1) is 19.0 Å². The lowest BCUT2D eigenvalue weighted by Crippen LogP contribution is -2.41. The maximum Gasteiger partial charge on any atom is 0.218 e. The van der Waals surface area contributed by atoms with E-state index in [1.165, 1.54) is 16.4 Å². The third kappa shape index (κ3) is 5.35. The molecular weight excluding hydrogens is 367 g/mol. The van der Waals surface area contributed by atoms with Gasteiger partial charge in [-0.25, -0.2) is 12.8 Å². The first-order valence-corrected chi connectivity index (χ1v) is 10.6. The fourth-order valence-corrected chi connectivity index (χ4v) is 4.74. The number of benzene rings is 2. The van der Waals surface area contributed by atoms with E-state index in [-0.39, 0.29) is 11.6 Å². The van der Waals surface area contributed by atoms with E-state index in [1.54, 1.807) is 6.07 Å². The Balaban J connectivity index is 1.65. The number of hydrogen-bond donors (Lipinski definition) is 1. The summed E-state index contributed by atoms with van der Waals surface area (Å²) < 4.78 is 45.3. The lowest BCUT2D eigenvalue weighted by atomic mass is 10.1. The Bertz CT molecular complexity index is 881. The molecule has 0 unspecified atom stereocenters. The zero-order valence-electron chi connectivity index (χ0n) is 15.4. The average molecular weight is 392 g/mol. The molecule has 0 bridgehead atoms. The molecule has 1 N–H and O–H groups in total. The van der Waals surface area contributed by atoms with E-state index >= 15 is 0 Å². The molecule has 2 aromatic rings. The van der Waals surface area contributed by atoms with E-state index in [0.717, 1.165) is 22.3 Å². The fraction of sp³-hybridized carbons (Fsp3) is 0.400. The van der Waals surface area contributed by atoms with Crippen LogP contribution in [0.3, 0.4) is 0 Å². The van der Waals surface area contributed by atoms with Crippen LogP contribution in [0.5, 0.6) is 0 Å². The third-order valence-corrected chi connectivity index (χ3v) is 6.58. The number of sulfonamides is 1. The lowest BCUT2D eigenvalue weighted by molar-refractivity contribution is 0.0729. The molecule has 7 heteroatoms. The van der Waals surface area contributed by atoms with Gasteiger partial charge in [-0.3, -0.25) is 0 Å². The topological polar surface area (TPSA) is 58.6 Å². The van der Waals surface area contributed by atoms with E-state index < -0.39 is 10.0 Å². The molecule has 5 nitrogen and oxygen atoms in total. The van der Waals surface area contributed by atoms with Crippen molar-refractivity contribution in [3.8, 4) is 0 Å². The van der Waals surface area contributed by atoms with Crippen LogP contribution >= 0.6 is 0 Å². The number of morpholine rings is 1. The van der Waals surface area contributed by atoms with Gasteiger partial charge >= 0.3 is 0 Å². The maximum atomic E-state index is 13.2. The monoisotopic (exact) mass is 392 g/mol. The summed E-state index contributed by atoms with van der Waals surface area (Å²) in [6.45, 7) is 4.73. The number of halogens is 1. The predicted molar refractivity (Wildman–Crippen MR) is 103 cm³/mol. The zero-order valence-corrected chi connectivity index (χ0v) is 16.3. The Kier molecular flexibility index (Phi) is 6.59. The SMILES string of the molecule is Cc1cc(F)ccc1CNCc1ccccc1CS(=O)(=O)N1CCOCC1. The maximum absolute atomic E-state index is 13.2. The highest BCUT2D eigenvalue weighted by Crippen LogP contribution is 2.17. The van der Waals surface area contributed by atoms with E-state index in [9.17, 15) is 12.8 Å². The molecule has 3 rings (SSSR count). The Labute approximate surface area is 160 Å². The van der Waals surface area contributed by atoms with Crippen molar-refractivity contribution in [3.05, 3.63) is 70.5 Å². The summed E-state index contributed by atoms with van der Waals surface area (Å²) in [5.41, 5.74) is 3.67. The van der Waals surface area contributed by atoms with Crippen molar-refractivity contribution in [2.45, 2.75) is 25.8 Å². The molecule has 1 aliphatic rings. The van der Waals surface area contributed by atoms with Crippen molar-refractivity contribution in [1.82, 2.24) is 9.62 Å². The summed E-state index contributed by atoms with van der Waals surface area (Å²) >= 11 is 0. The molecule has 0 saturated carbocycles. The van der Waals surface area contributed by atoms with Gasteiger partial charge in [-0.15, -0.1) is 0 Å². The quantitative estimate of drug-likeness (QED) is 0.787. The lowest BCUT2D eigenvalue weighted by Gasteiger charge is -2.26. The molecule has 1 fully saturated rings. The molecule has 0 aromatic heterocycles. The Morgan fingerprint density at radius 2 is 1.70 bits per heavy atom. The molecule has 0 spiro atoms. The van der Waals surface area contributed by atoms with Gasteiger partial charge < -0.3 is 10.1 Å². The smallest absolute Gasteiger partial charge is 0.218 e. The van der Waals surface area contributed by atoms with Crippen molar-refractivity contribution in [2.24, 2.45) is 0 Å². The highest BCUT2D eigenvalue weighted by Gasteiger charge is 2.25. The van der Waals surface area contributed by atoms with Gasteiger partial charge in [0.2, 0.25) is 10.0 Å². The van der Waals surface area contributed by atoms with Crippen LogP contribution < -0.4 is 5.32 Å². The molecule has 0 aliphatic carbocycles. The van der Waals surface area contributed by atoms with Crippen molar-refractivity contribution < 1.29 is 17.5 Å². The van der Waals surface area contributed by atoms with Crippen molar-refractivity contribution in [2.75, 3.05) is 26.3 Å². The molecule has 1 aliphatic heterocycles. The molecule has 27 heavy (non-hydrogen) atoms. The van der Waals surface area contributed by atoms with Gasteiger partial charge in [0.25, 0.3) is 0 Å². The summed E-state index contributed by atoms with van der Waals surface area (Å²) in [4.78, 5) is 0. The second-order valence-corrected chi connectivity index (χ2v) is 8.68. The van der Waals surface area contributed by atoms with E-state index in [0.29, 0.717) is 39.4 Å². The van der Waals surface area contributed by atoms with Gasteiger partial charge in [-0.1, -0.05) is 30.3 Å². The largest absolute Gasteiger partial charge is 0.379 e. The average Bonchev–Trinajstić information content (AvgIpc) is 2.65. The Morgan fingerprint density at radius 3 is 2.41 bits per heavy atom.